The van der Waals surface area contributed by atoms with E-state index in [4.69, 9.17) is 5.11 Å². The van der Waals surface area contributed by atoms with Crippen LogP contribution in [-0.2, 0) is 0 Å². The third-order valence-electron chi connectivity index (χ3n) is 2.22. The summed E-state index contributed by atoms with van der Waals surface area (Å²) in [7, 11) is 0. The Morgan fingerprint density at radius 1 is 1.05 bits per heavy atom. The van der Waals surface area contributed by atoms with Gasteiger partial charge in [-0.2, -0.15) is 0 Å². The predicted molar refractivity (Wildman–Crippen MR) is 78.1 cm³/mol. The zero-order valence-electron chi connectivity index (χ0n) is 9.51. The first-order chi connectivity index (χ1) is 9.06. The van der Waals surface area contributed by atoms with E-state index in [-0.39, 0.29) is 5.91 Å². The van der Waals surface area contributed by atoms with Crippen LogP contribution in [0.15, 0.2) is 40.2 Å². The quantitative estimate of drug-likeness (QED) is 0.793. The fourth-order valence-electron chi connectivity index (χ4n) is 1.40. The zero-order chi connectivity index (χ0) is 13.8. The summed E-state index contributed by atoms with van der Waals surface area (Å²) in [4.78, 5) is 22.9. The van der Waals surface area contributed by atoms with Crippen molar-refractivity contribution in [1.29, 1.82) is 0 Å². The number of thiophene rings is 1. The average Bonchev–Trinajstić information content (AvgIpc) is 2.77. The molecule has 0 radical (unpaired) electrons. The molecule has 0 spiro atoms. The van der Waals surface area contributed by atoms with Crippen molar-refractivity contribution >= 4 is 50.6 Å². The smallest absolute Gasteiger partial charge is 0.409 e. The van der Waals surface area contributed by atoms with E-state index in [1.807, 2.05) is 5.38 Å². The SMILES string of the molecule is O=C(O)Nc1ccc(NC(=O)c2sccc2Br)cc1. The molecule has 7 heteroatoms. The Kier molecular flexibility index (Phi) is 4.18. The molecule has 0 aliphatic carbocycles. The van der Waals surface area contributed by atoms with Gasteiger partial charge in [-0.15, -0.1) is 11.3 Å². The molecule has 2 rings (SSSR count). The Balaban J connectivity index is 2.06. The van der Waals surface area contributed by atoms with E-state index in [0.717, 1.165) is 4.47 Å². The van der Waals surface area contributed by atoms with E-state index in [0.29, 0.717) is 16.3 Å². The van der Waals surface area contributed by atoms with E-state index < -0.39 is 6.09 Å². The second kappa shape index (κ2) is 5.85. The number of carboxylic acid groups (broad SMARTS) is 1. The van der Waals surface area contributed by atoms with Gasteiger partial charge in [0, 0.05) is 15.8 Å². The largest absolute Gasteiger partial charge is 0.465 e. The lowest BCUT2D eigenvalue weighted by Gasteiger charge is -2.05. The molecule has 0 fully saturated rings. The molecule has 0 bridgehead atoms. The van der Waals surface area contributed by atoms with Gasteiger partial charge in [-0.3, -0.25) is 10.1 Å². The van der Waals surface area contributed by atoms with Crippen LogP contribution in [0.2, 0.25) is 0 Å². The van der Waals surface area contributed by atoms with Gasteiger partial charge in [0.05, 0.1) is 0 Å². The highest BCUT2D eigenvalue weighted by Gasteiger charge is 2.11. The van der Waals surface area contributed by atoms with Gasteiger partial charge in [0.15, 0.2) is 0 Å². The van der Waals surface area contributed by atoms with E-state index in [1.165, 1.54) is 11.3 Å². The number of amides is 2. The molecule has 0 saturated carbocycles. The summed E-state index contributed by atoms with van der Waals surface area (Å²) in [6.07, 6.45) is -1.13. The lowest BCUT2D eigenvalue weighted by atomic mass is 10.2. The Hall–Kier alpha value is -1.86. The summed E-state index contributed by atoms with van der Waals surface area (Å²) in [5.41, 5.74) is 1.05. The predicted octanol–water partition coefficient (Wildman–Crippen LogP) is 3.85. The van der Waals surface area contributed by atoms with Crippen molar-refractivity contribution in [3.8, 4) is 0 Å². The number of hydrogen-bond donors (Lipinski definition) is 3. The van der Waals surface area contributed by atoms with Crippen LogP contribution >= 0.6 is 27.3 Å². The van der Waals surface area contributed by atoms with Gasteiger partial charge in [0.1, 0.15) is 4.88 Å². The van der Waals surface area contributed by atoms with Crippen LogP contribution in [0.25, 0.3) is 0 Å². The molecule has 0 aliphatic rings. The van der Waals surface area contributed by atoms with Crippen LogP contribution in [0.3, 0.4) is 0 Å². The van der Waals surface area contributed by atoms with Crippen LogP contribution in [0.4, 0.5) is 16.2 Å². The van der Waals surface area contributed by atoms with Crippen molar-refractivity contribution in [2.45, 2.75) is 0 Å². The summed E-state index contributed by atoms with van der Waals surface area (Å²) < 4.78 is 0.749. The van der Waals surface area contributed by atoms with E-state index in [2.05, 4.69) is 26.6 Å². The van der Waals surface area contributed by atoms with Crippen LogP contribution in [0.1, 0.15) is 9.67 Å². The number of rotatable bonds is 3. The van der Waals surface area contributed by atoms with Crippen molar-refractivity contribution in [3.63, 3.8) is 0 Å². The van der Waals surface area contributed by atoms with E-state index in [1.54, 1.807) is 30.3 Å². The molecule has 5 nitrogen and oxygen atoms in total. The Morgan fingerprint density at radius 3 is 2.11 bits per heavy atom. The molecule has 98 valence electrons. The molecule has 2 aromatic rings. The van der Waals surface area contributed by atoms with Gasteiger partial charge >= 0.3 is 6.09 Å². The highest BCUT2D eigenvalue weighted by molar-refractivity contribution is 9.10. The number of nitrogens with one attached hydrogen (secondary N) is 2. The lowest BCUT2D eigenvalue weighted by Crippen LogP contribution is -2.11. The van der Waals surface area contributed by atoms with Gasteiger partial charge in [-0.1, -0.05) is 0 Å². The average molecular weight is 341 g/mol. The second-order valence-electron chi connectivity index (χ2n) is 3.56. The maximum Gasteiger partial charge on any atom is 0.409 e. The number of hydrogen-bond acceptors (Lipinski definition) is 3. The maximum atomic E-state index is 11.9. The summed E-state index contributed by atoms with van der Waals surface area (Å²) in [5, 5.41) is 15.3. The number of carbonyl (C=O) groups excluding carboxylic acids is 1. The van der Waals surface area contributed by atoms with E-state index in [9.17, 15) is 9.59 Å². The van der Waals surface area contributed by atoms with Gasteiger partial charge in [0.2, 0.25) is 0 Å². The van der Waals surface area contributed by atoms with Gasteiger partial charge in [-0.25, -0.2) is 4.79 Å². The topological polar surface area (TPSA) is 78.4 Å². The molecule has 2 amide bonds. The third-order valence-corrected chi connectivity index (χ3v) is 4.05. The fraction of sp³-hybridized carbons (Fsp3) is 0. The standard InChI is InChI=1S/C12H9BrN2O3S/c13-9-5-6-19-10(9)11(16)14-7-1-3-8(4-2-7)15-12(17)18/h1-6,15H,(H,14,16)(H,17,18). The molecular formula is C12H9BrN2O3S. The Bertz CT molecular complexity index is 610. The molecule has 0 aliphatic heterocycles. The summed E-state index contributed by atoms with van der Waals surface area (Å²) in [6.45, 7) is 0. The van der Waals surface area contributed by atoms with Crippen LogP contribution in [-0.4, -0.2) is 17.1 Å². The fourth-order valence-corrected chi connectivity index (χ4v) is 2.85. The second-order valence-corrected chi connectivity index (χ2v) is 5.33. The first kappa shape index (κ1) is 13.6. The molecule has 3 N–H and O–H groups in total. The molecule has 1 heterocycles. The number of halogens is 1. The number of anilines is 2. The third kappa shape index (κ3) is 3.55. The summed E-state index contributed by atoms with van der Waals surface area (Å²) in [6, 6.07) is 8.22. The molecule has 1 aromatic heterocycles. The minimum atomic E-state index is -1.13. The van der Waals surface area contributed by atoms with E-state index >= 15 is 0 Å². The Labute approximate surface area is 121 Å². The first-order valence-electron chi connectivity index (χ1n) is 5.20. The number of carbonyl (C=O) groups is 2. The van der Waals surface area contributed by atoms with Crippen molar-refractivity contribution in [2.75, 3.05) is 10.6 Å². The molecule has 19 heavy (non-hydrogen) atoms. The molecule has 1 aromatic carbocycles. The summed E-state index contributed by atoms with van der Waals surface area (Å²) >= 11 is 4.63. The van der Waals surface area contributed by atoms with Crippen LogP contribution in [0, 0.1) is 0 Å². The van der Waals surface area contributed by atoms with Crippen LogP contribution in [0.5, 0.6) is 0 Å². The van der Waals surface area contributed by atoms with Crippen molar-refractivity contribution in [1.82, 2.24) is 0 Å². The lowest BCUT2D eigenvalue weighted by molar-refractivity contribution is 0.103. The van der Waals surface area contributed by atoms with Gasteiger partial charge < -0.3 is 10.4 Å². The van der Waals surface area contributed by atoms with Crippen molar-refractivity contribution < 1.29 is 14.7 Å². The molecule has 0 atom stereocenters. The summed E-state index contributed by atoms with van der Waals surface area (Å²) in [5.74, 6) is -0.208. The number of benzene rings is 1. The molecule has 0 saturated heterocycles. The highest BCUT2D eigenvalue weighted by atomic mass is 79.9. The van der Waals surface area contributed by atoms with Crippen LogP contribution < -0.4 is 10.6 Å². The maximum absolute atomic E-state index is 11.9. The van der Waals surface area contributed by atoms with Crippen molar-refractivity contribution in [3.05, 3.63) is 45.1 Å². The molecular weight excluding hydrogens is 332 g/mol. The van der Waals surface area contributed by atoms with Gasteiger partial charge in [0.25, 0.3) is 5.91 Å². The zero-order valence-corrected chi connectivity index (χ0v) is 11.9. The van der Waals surface area contributed by atoms with Gasteiger partial charge in [-0.05, 0) is 51.6 Å². The highest BCUT2D eigenvalue weighted by Crippen LogP contribution is 2.24. The Morgan fingerprint density at radius 2 is 1.63 bits per heavy atom. The normalized spacial score (nSPS) is 9.95. The first-order valence-corrected chi connectivity index (χ1v) is 6.88. The molecule has 0 unspecified atom stereocenters. The monoisotopic (exact) mass is 340 g/mol. The minimum absolute atomic E-state index is 0.208. The minimum Gasteiger partial charge on any atom is -0.465 e. The van der Waals surface area contributed by atoms with Crippen molar-refractivity contribution in [2.24, 2.45) is 0 Å².